The van der Waals surface area contributed by atoms with E-state index in [4.69, 9.17) is 4.74 Å². The maximum Gasteiger partial charge on any atom is 1.00 e. The number of hydrogen-bond donors (Lipinski definition) is 0. The molecule has 0 aliphatic carbocycles. The summed E-state index contributed by atoms with van der Waals surface area (Å²) < 4.78 is 48.3. The van der Waals surface area contributed by atoms with E-state index in [9.17, 15) is 23.1 Å². The van der Waals surface area contributed by atoms with Gasteiger partial charge in [0.1, 0.15) is 29.8 Å². The zero-order valence-electron chi connectivity index (χ0n) is 18.2. The fourth-order valence-corrected chi connectivity index (χ4v) is 3.99. The second-order valence-electron chi connectivity index (χ2n) is 7.71. The number of aliphatic carboxylic acids is 1. The van der Waals surface area contributed by atoms with Gasteiger partial charge in [-0.25, -0.2) is 13.2 Å². The van der Waals surface area contributed by atoms with E-state index in [-0.39, 0.29) is 66.7 Å². The van der Waals surface area contributed by atoms with Crippen molar-refractivity contribution in [1.29, 1.82) is 0 Å². The number of rotatable bonds is 8. The molecule has 3 aromatic rings. The standard InChI is InChI=1S/C25H22F3NO3.Na/c26-21-5-2-6-22(27)20(21)14-29-12-11-17-3-1-4-18(25(17)29)15-32-19-9-7-16(23(28)13-19)8-10-24(30)31;/h1-7,9,13H,8,10-12,14-15H2,(H,30,31);/q;+1/p-1. The molecule has 0 radical (unpaired) electrons. The summed E-state index contributed by atoms with van der Waals surface area (Å²) in [6, 6.07) is 13.9. The van der Waals surface area contributed by atoms with Crippen molar-refractivity contribution >= 4 is 11.7 Å². The third kappa shape index (κ3) is 5.91. The maximum atomic E-state index is 14.3. The molecule has 0 saturated heterocycles. The predicted octanol–water partition coefficient (Wildman–Crippen LogP) is 0.932. The number of carbonyl (C=O) groups excluding carboxylic acids is 1. The molecule has 1 heterocycles. The van der Waals surface area contributed by atoms with Crippen LogP contribution in [0.2, 0.25) is 0 Å². The van der Waals surface area contributed by atoms with E-state index in [1.807, 2.05) is 23.1 Å². The van der Waals surface area contributed by atoms with Crippen molar-refractivity contribution in [1.82, 2.24) is 0 Å². The van der Waals surface area contributed by atoms with Crippen LogP contribution in [0, 0.1) is 17.5 Å². The minimum atomic E-state index is -1.23. The van der Waals surface area contributed by atoms with Crippen LogP contribution < -0.4 is 44.3 Å². The van der Waals surface area contributed by atoms with Crippen molar-refractivity contribution in [2.75, 3.05) is 11.4 Å². The van der Waals surface area contributed by atoms with E-state index < -0.39 is 23.4 Å². The summed E-state index contributed by atoms with van der Waals surface area (Å²) >= 11 is 0. The van der Waals surface area contributed by atoms with Crippen LogP contribution in [-0.4, -0.2) is 12.5 Å². The van der Waals surface area contributed by atoms with Gasteiger partial charge in [0.2, 0.25) is 0 Å². The summed E-state index contributed by atoms with van der Waals surface area (Å²) in [5.74, 6) is -2.63. The molecule has 3 aromatic carbocycles. The maximum absolute atomic E-state index is 14.3. The molecule has 4 nitrogen and oxygen atoms in total. The van der Waals surface area contributed by atoms with Gasteiger partial charge in [-0.05, 0) is 48.6 Å². The molecule has 0 aromatic heterocycles. The SMILES string of the molecule is O=C([O-])CCc1ccc(OCc2cccc3c2N(Cc2c(F)cccc2F)CC3)cc1F.[Na+]. The predicted molar refractivity (Wildman–Crippen MR) is 112 cm³/mol. The van der Waals surface area contributed by atoms with E-state index >= 15 is 0 Å². The number of ether oxygens (including phenoxy) is 1. The minimum absolute atomic E-state index is 0. The van der Waals surface area contributed by atoms with Crippen molar-refractivity contribution < 1.29 is 57.4 Å². The smallest absolute Gasteiger partial charge is 0.550 e. The van der Waals surface area contributed by atoms with Gasteiger partial charge in [0.05, 0.1) is 0 Å². The Bertz CT molecular complexity index is 1140. The molecule has 0 unspecified atom stereocenters. The van der Waals surface area contributed by atoms with Crippen molar-refractivity contribution in [2.45, 2.75) is 32.4 Å². The van der Waals surface area contributed by atoms with Gasteiger partial charge in [-0.15, -0.1) is 0 Å². The summed E-state index contributed by atoms with van der Waals surface area (Å²) in [6.07, 6.45) is 0.537. The molecule has 0 amide bonds. The normalized spacial score (nSPS) is 12.3. The molecule has 0 fully saturated rings. The summed E-state index contributed by atoms with van der Waals surface area (Å²) in [5.41, 5.74) is 3.07. The Morgan fingerprint density at radius 1 is 0.970 bits per heavy atom. The largest absolute Gasteiger partial charge is 1.00 e. The molecular weight excluding hydrogens is 442 g/mol. The number of hydrogen-bond acceptors (Lipinski definition) is 4. The zero-order valence-corrected chi connectivity index (χ0v) is 20.2. The van der Waals surface area contributed by atoms with E-state index in [2.05, 4.69) is 0 Å². The Hall–Kier alpha value is -2.48. The number of anilines is 1. The number of benzene rings is 3. The first-order valence-electron chi connectivity index (χ1n) is 10.3. The Balaban J connectivity index is 0.00000306. The van der Waals surface area contributed by atoms with E-state index in [1.54, 1.807) is 6.07 Å². The summed E-state index contributed by atoms with van der Waals surface area (Å²) in [7, 11) is 0. The van der Waals surface area contributed by atoms with Crippen LogP contribution >= 0.6 is 0 Å². The van der Waals surface area contributed by atoms with Crippen LogP contribution in [-0.2, 0) is 30.8 Å². The second kappa shape index (κ2) is 11.1. The topological polar surface area (TPSA) is 52.6 Å². The van der Waals surface area contributed by atoms with Crippen LogP contribution in [0.4, 0.5) is 18.9 Å². The molecule has 8 heteroatoms. The van der Waals surface area contributed by atoms with E-state index in [0.29, 0.717) is 12.3 Å². The van der Waals surface area contributed by atoms with Crippen LogP contribution in [0.15, 0.2) is 54.6 Å². The monoisotopic (exact) mass is 463 g/mol. The Labute approximate surface area is 212 Å². The van der Waals surface area contributed by atoms with Gasteiger partial charge in [-0.2, -0.15) is 0 Å². The molecular formula is C25H21F3NNaO3. The Morgan fingerprint density at radius 2 is 1.70 bits per heavy atom. The van der Waals surface area contributed by atoms with Gasteiger partial charge < -0.3 is 19.5 Å². The number of carboxylic acid groups (broad SMARTS) is 1. The Kier molecular flexibility index (Phi) is 8.46. The van der Waals surface area contributed by atoms with Crippen LogP contribution in [0.3, 0.4) is 0 Å². The molecule has 33 heavy (non-hydrogen) atoms. The number of halogens is 3. The number of carbonyl (C=O) groups is 1. The average Bonchev–Trinajstić information content (AvgIpc) is 3.17. The summed E-state index contributed by atoms with van der Waals surface area (Å²) in [4.78, 5) is 12.5. The Morgan fingerprint density at radius 3 is 2.39 bits per heavy atom. The van der Waals surface area contributed by atoms with Gasteiger partial charge in [0.25, 0.3) is 0 Å². The summed E-state index contributed by atoms with van der Waals surface area (Å²) in [5, 5.41) is 10.6. The molecule has 1 aliphatic heterocycles. The fraction of sp³-hybridized carbons (Fsp3) is 0.240. The quantitative estimate of drug-likeness (QED) is 0.467. The summed E-state index contributed by atoms with van der Waals surface area (Å²) in [6.45, 7) is 0.878. The van der Waals surface area contributed by atoms with Gasteiger partial charge in [0, 0.05) is 41.9 Å². The van der Waals surface area contributed by atoms with Crippen molar-refractivity contribution in [3.8, 4) is 5.75 Å². The number of para-hydroxylation sites is 1. The third-order valence-corrected chi connectivity index (χ3v) is 5.60. The van der Waals surface area contributed by atoms with Crippen molar-refractivity contribution in [2.24, 2.45) is 0 Å². The number of aryl methyl sites for hydroxylation is 1. The van der Waals surface area contributed by atoms with Crippen molar-refractivity contribution in [3.63, 3.8) is 0 Å². The van der Waals surface area contributed by atoms with Crippen molar-refractivity contribution in [3.05, 3.63) is 94.3 Å². The molecule has 4 rings (SSSR count). The molecule has 0 N–H and O–H groups in total. The van der Waals surface area contributed by atoms with Crippen LogP contribution in [0.25, 0.3) is 0 Å². The fourth-order valence-electron chi connectivity index (χ4n) is 3.99. The first-order valence-corrected chi connectivity index (χ1v) is 10.3. The zero-order chi connectivity index (χ0) is 22.7. The first-order chi connectivity index (χ1) is 15.4. The molecule has 0 spiro atoms. The molecule has 1 aliphatic rings. The number of nitrogens with zero attached hydrogens (tertiary/aromatic N) is 1. The molecule has 166 valence electrons. The van der Waals surface area contributed by atoms with E-state index in [1.165, 1.54) is 30.3 Å². The molecule has 0 saturated carbocycles. The number of fused-ring (bicyclic) bond motifs is 1. The van der Waals surface area contributed by atoms with Crippen LogP contribution in [0.1, 0.15) is 28.7 Å². The molecule has 0 bridgehead atoms. The van der Waals surface area contributed by atoms with Gasteiger partial charge >= 0.3 is 29.6 Å². The second-order valence-corrected chi connectivity index (χ2v) is 7.71. The van der Waals surface area contributed by atoms with Gasteiger partial charge in [-0.1, -0.05) is 30.3 Å². The first kappa shape index (κ1) is 25.1. The van der Waals surface area contributed by atoms with Gasteiger partial charge in [-0.3, -0.25) is 0 Å². The van der Waals surface area contributed by atoms with Crippen LogP contribution in [0.5, 0.6) is 5.75 Å². The third-order valence-electron chi connectivity index (χ3n) is 5.60. The average molecular weight is 463 g/mol. The number of carboxylic acids is 1. The van der Waals surface area contributed by atoms with E-state index in [0.717, 1.165) is 23.2 Å². The minimum Gasteiger partial charge on any atom is -0.550 e. The van der Waals surface area contributed by atoms with Gasteiger partial charge in [0.15, 0.2) is 0 Å². The molecule has 0 atom stereocenters.